The minimum absolute atomic E-state index is 0.0551. The number of nitrogens with two attached hydrogens (primary N) is 1. The SMILES string of the molecule is CC(CN)CCC(=O)Nc1ccc(C(C)(C)C(=O)O)cc1. The van der Waals surface area contributed by atoms with Gasteiger partial charge in [-0.2, -0.15) is 0 Å². The summed E-state index contributed by atoms with van der Waals surface area (Å²) in [5, 5.41) is 12.0. The second-order valence-corrected chi connectivity index (χ2v) is 5.94. The summed E-state index contributed by atoms with van der Waals surface area (Å²) in [7, 11) is 0. The average molecular weight is 292 g/mol. The maximum Gasteiger partial charge on any atom is 0.313 e. The van der Waals surface area contributed by atoms with Gasteiger partial charge in [-0.1, -0.05) is 19.1 Å². The molecule has 1 atom stereocenters. The van der Waals surface area contributed by atoms with Gasteiger partial charge in [0.15, 0.2) is 0 Å². The summed E-state index contributed by atoms with van der Waals surface area (Å²) >= 11 is 0. The van der Waals surface area contributed by atoms with Gasteiger partial charge >= 0.3 is 5.97 Å². The highest BCUT2D eigenvalue weighted by Crippen LogP contribution is 2.24. The van der Waals surface area contributed by atoms with Crippen LogP contribution in [0.2, 0.25) is 0 Å². The van der Waals surface area contributed by atoms with E-state index in [4.69, 9.17) is 5.73 Å². The van der Waals surface area contributed by atoms with E-state index < -0.39 is 11.4 Å². The van der Waals surface area contributed by atoms with Crippen LogP contribution in [-0.2, 0) is 15.0 Å². The lowest BCUT2D eigenvalue weighted by molar-refractivity contribution is -0.142. The molecule has 0 spiro atoms. The molecule has 1 amide bonds. The Balaban J connectivity index is 2.63. The van der Waals surface area contributed by atoms with E-state index in [-0.39, 0.29) is 5.91 Å². The van der Waals surface area contributed by atoms with Crippen LogP contribution < -0.4 is 11.1 Å². The van der Waals surface area contributed by atoms with E-state index in [0.717, 1.165) is 6.42 Å². The van der Waals surface area contributed by atoms with Crippen molar-refractivity contribution in [2.24, 2.45) is 11.7 Å². The van der Waals surface area contributed by atoms with Crippen molar-refractivity contribution in [3.05, 3.63) is 29.8 Å². The summed E-state index contributed by atoms with van der Waals surface area (Å²) in [4.78, 5) is 23.0. The monoisotopic (exact) mass is 292 g/mol. The highest BCUT2D eigenvalue weighted by molar-refractivity contribution is 5.90. The van der Waals surface area contributed by atoms with Crippen LogP contribution in [-0.4, -0.2) is 23.5 Å². The number of anilines is 1. The Hall–Kier alpha value is -1.88. The molecule has 0 aromatic heterocycles. The number of nitrogens with one attached hydrogen (secondary N) is 1. The number of aliphatic carboxylic acids is 1. The van der Waals surface area contributed by atoms with Gasteiger partial charge < -0.3 is 16.2 Å². The molecule has 0 heterocycles. The van der Waals surface area contributed by atoms with Crippen LogP contribution in [0.4, 0.5) is 5.69 Å². The van der Waals surface area contributed by atoms with Gasteiger partial charge in [0.1, 0.15) is 0 Å². The van der Waals surface area contributed by atoms with E-state index in [1.54, 1.807) is 38.1 Å². The molecular formula is C16H24N2O3. The average Bonchev–Trinajstić information content (AvgIpc) is 2.45. The molecule has 1 aromatic rings. The minimum Gasteiger partial charge on any atom is -0.481 e. The third kappa shape index (κ3) is 4.86. The Kier molecular flexibility index (Phi) is 5.90. The highest BCUT2D eigenvalue weighted by Gasteiger charge is 2.29. The molecule has 1 rings (SSSR count). The van der Waals surface area contributed by atoms with Gasteiger partial charge in [-0.05, 0) is 50.4 Å². The molecule has 0 aliphatic carbocycles. The smallest absolute Gasteiger partial charge is 0.313 e. The van der Waals surface area contributed by atoms with E-state index in [9.17, 15) is 14.7 Å². The van der Waals surface area contributed by atoms with Crippen molar-refractivity contribution in [2.45, 2.75) is 39.0 Å². The molecule has 0 aliphatic rings. The fraction of sp³-hybridized carbons (Fsp3) is 0.500. The van der Waals surface area contributed by atoms with Crippen molar-refractivity contribution >= 4 is 17.6 Å². The zero-order valence-corrected chi connectivity index (χ0v) is 12.8. The Labute approximate surface area is 125 Å². The van der Waals surface area contributed by atoms with Crippen molar-refractivity contribution in [3.63, 3.8) is 0 Å². The molecule has 0 aliphatic heterocycles. The van der Waals surface area contributed by atoms with Gasteiger partial charge in [0, 0.05) is 12.1 Å². The summed E-state index contributed by atoms with van der Waals surface area (Å²) in [6.45, 7) is 5.89. The molecule has 0 saturated heterocycles. The van der Waals surface area contributed by atoms with Gasteiger partial charge in [-0.25, -0.2) is 0 Å². The molecule has 5 nitrogen and oxygen atoms in total. The van der Waals surface area contributed by atoms with Crippen molar-refractivity contribution in [2.75, 3.05) is 11.9 Å². The van der Waals surface area contributed by atoms with Crippen LogP contribution in [0, 0.1) is 5.92 Å². The number of hydrogen-bond acceptors (Lipinski definition) is 3. The normalized spacial score (nSPS) is 12.8. The molecule has 1 aromatic carbocycles. The van der Waals surface area contributed by atoms with Gasteiger partial charge in [0.05, 0.1) is 5.41 Å². The lowest BCUT2D eigenvalue weighted by Gasteiger charge is -2.20. The summed E-state index contributed by atoms with van der Waals surface area (Å²) in [6, 6.07) is 6.91. The lowest BCUT2D eigenvalue weighted by atomic mass is 9.85. The molecule has 1 unspecified atom stereocenters. The first kappa shape index (κ1) is 17.2. The molecule has 0 saturated carbocycles. The number of carbonyl (C=O) groups excluding carboxylic acids is 1. The van der Waals surface area contributed by atoms with Crippen LogP contribution in [0.5, 0.6) is 0 Å². The molecule has 0 fully saturated rings. The molecule has 21 heavy (non-hydrogen) atoms. The predicted octanol–water partition coefficient (Wildman–Crippen LogP) is 2.36. The van der Waals surface area contributed by atoms with Crippen LogP contribution >= 0.6 is 0 Å². The minimum atomic E-state index is -0.945. The van der Waals surface area contributed by atoms with Crippen molar-refractivity contribution in [1.82, 2.24) is 0 Å². The largest absolute Gasteiger partial charge is 0.481 e. The first-order valence-corrected chi connectivity index (χ1v) is 7.11. The highest BCUT2D eigenvalue weighted by atomic mass is 16.4. The zero-order valence-electron chi connectivity index (χ0n) is 12.8. The Morgan fingerprint density at radius 2 is 1.86 bits per heavy atom. The molecule has 4 N–H and O–H groups in total. The van der Waals surface area contributed by atoms with Crippen LogP contribution in [0.3, 0.4) is 0 Å². The summed E-state index contributed by atoms with van der Waals surface area (Å²) in [5.74, 6) is -0.606. The molecular weight excluding hydrogens is 268 g/mol. The summed E-state index contributed by atoms with van der Waals surface area (Å²) in [6.07, 6.45) is 1.19. The van der Waals surface area contributed by atoms with Crippen LogP contribution in [0.25, 0.3) is 0 Å². The molecule has 0 bridgehead atoms. The van der Waals surface area contributed by atoms with E-state index in [1.165, 1.54) is 0 Å². The van der Waals surface area contributed by atoms with Crippen molar-refractivity contribution < 1.29 is 14.7 Å². The first-order valence-electron chi connectivity index (χ1n) is 7.11. The Morgan fingerprint density at radius 1 is 1.29 bits per heavy atom. The first-order chi connectivity index (χ1) is 9.77. The van der Waals surface area contributed by atoms with Crippen LogP contribution in [0.15, 0.2) is 24.3 Å². The molecule has 0 radical (unpaired) electrons. The van der Waals surface area contributed by atoms with E-state index in [0.29, 0.717) is 30.1 Å². The van der Waals surface area contributed by atoms with Gasteiger partial charge in [0.25, 0.3) is 0 Å². The topological polar surface area (TPSA) is 92.4 Å². The van der Waals surface area contributed by atoms with Gasteiger partial charge in [0.2, 0.25) is 5.91 Å². The number of carboxylic acids is 1. The third-order valence-corrected chi connectivity index (χ3v) is 3.69. The number of amides is 1. The fourth-order valence-electron chi connectivity index (χ4n) is 1.81. The number of hydrogen-bond donors (Lipinski definition) is 3. The van der Waals surface area contributed by atoms with Crippen molar-refractivity contribution in [1.29, 1.82) is 0 Å². The number of carbonyl (C=O) groups is 2. The number of benzene rings is 1. The standard InChI is InChI=1S/C16H24N2O3/c1-11(10-17)4-9-14(19)18-13-7-5-12(6-8-13)16(2,3)15(20)21/h5-8,11H,4,9-10,17H2,1-3H3,(H,18,19)(H,20,21). The maximum absolute atomic E-state index is 11.8. The zero-order chi connectivity index (χ0) is 16.0. The molecule has 116 valence electrons. The summed E-state index contributed by atoms with van der Waals surface area (Å²) < 4.78 is 0. The van der Waals surface area contributed by atoms with Gasteiger partial charge in [-0.15, -0.1) is 0 Å². The number of carboxylic acid groups (broad SMARTS) is 1. The van der Waals surface area contributed by atoms with E-state index in [1.807, 2.05) is 6.92 Å². The van der Waals surface area contributed by atoms with Crippen LogP contribution in [0.1, 0.15) is 39.2 Å². The van der Waals surface area contributed by atoms with Crippen molar-refractivity contribution in [3.8, 4) is 0 Å². The maximum atomic E-state index is 11.8. The Bertz CT molecular complexity index is 495. The third-order valence-electron chi connectivity index (χ3n) is 3.69. The van der Waals surface area contributed by atoms with E-state index >= 15 is 0 Å². The Morgan fingerprint density at radius 3 is 2.33 bits per heavy atom. The van der Waals surface area contributed by atoms with E-state index in [2.05, 4.69) is 5.32 Å². The quantitative estimate of drug-likeness (QED) is 0.719. The van der Waals surface area contributed by atoms with Gasteiger partial charge in [-0.3, -0.25) is 9.59 Å². The summed E-state index contributed by atoms with van der Waals surface area (Å²) in [5.41, 5.74) is 5.94. The fourth-order valence-corrected chi connectivity index (χ4v) is 1.81. The predicted molar refractivity (Wildman–Crippen MR) is 83.2 cm³/mol. The second kappa shape index (κ2) is 7.22. The lowest BCUT2D eigenvalue weighted by Crippen LogP contribution is -2.28. The second-order valence-electron chi connectivity index (χ2n) is 5.94. The number of rotatable bonds is 7. The molecule has 5 heteroatoms.